The second-order valence-electron chi connectivity index (χ2n) is 5.91. The van der Waals surface area contributed by atoms with E-state index in [1.54, 1.807) is 0 Å². The molecule has 4 aromatic carbocycles. The molecular weight excluding hydrogens is 270 g/mol. The highest BCUT2D eigenvalue weighted by atomic mass is 16.3. The van der Waals surface area contributed by atoms with Crippen LogP contribution in [0.3, 0.4) is 0 Å². The van der Waals surface area contributed by atoms with E-state index >= 15 is 0 Å². The van der Waals surface area contributed by atoms with Crippen LogP contribution in [0.5, 0.6) is 0 Å². The number of aliphatic hydroxyl groups is 1. The van der Waals surface area contributed by atoms with Gasteiger partial charge in [-0.15, -0.1) is 0 Å². The molecule has 0 radical (unpaired) electrons. The smallest absolute Gasteiger partial charge is 0.0709 e. The van der Waals surface area contributed by atoms with Crippen molar-refractivity contribution >= 4 is 38.0 Å². The summed E-state index contributed by atoms with van der Waals surface area (Å²) in [6.07, 6.45) is 0.456. The molecule has 2 N–H and O–H groups in total. The van der Waals surface area contributed by atoms with Gasteiger partial charge in [0.2, 0.25) is 0 Å². The Morgan fingerprint density at radius 3 is 2.23 bits per heavy atom. The normalized spacial score (nSPS) is 13.2. The number of nitrogens with one attached hydrogen (secondary N) is 1. The first-order chi connectivity index (χ1) is 10.8. The SMILES string of the molecule is CCC(O)CNc1ccc2ccc3cccc4ccc1c2c34. The van der Waals surface area contributed by atoms with Crippen LogP contribution in [0, 0.1) is 0 Å². The van der Waals surface area contributed by atoms with Gasteiger partial charge < -0.3 is 10.4 Å². The van der Waals surface area contributed by atoms with E-state index in [0.29, 0.717) is 6.54 Å². The van der Waals surface area contributed by atoms with Gasteiger partial charge in [-0.25, -0.2) is 0 Å². The van der Waals surface area contributed by atoms with Crippen molar-refractivity contribution in [2.75, 3.05) is 11.9 Å². The predicted octanol–water partition coefficient (Wildman–Crippen LogP) is 4.77. The van der Waals surface area contributed by atoms with Crippen LogP contribution in [0.2, 0.25) is 0 Å². The fraction of sp³-hybridized carbons (Fsp3) is 0.200. The fourth-order valence-corrected chi connectivity index (χ4v) is 3.26. The monoisotopic (exact) mass is 289 g/mol. The highest BCUT2D eigenvalue weighted by molar-refractivity contribution is 6.25. The van der Waals surface area contributed by atoms with Gasteiger partial charge >= 0.3 is 0 Å². The third-order valence-corrected chi connectivity index (χ3v) is 4.53. The molecule has 0 bridgehead atoms. The Bertz CT molecular complexity index is 928. The zero-order valence-electron chi connectivity index (χ0n) is 12.6. The van der Waals surface area contributed by atoms with E-state index in [9.17, 15) is 5.11 Å². The Labute approximate surface area is 129 Å². The van der Waals surface area contributed by atoms with Crippen LogP contribution in [-0.2, 0) is 0 Å². The van der Waals surface area contributed by atoms with E-state index in [2.05, 4.69) is 59.9 Å². The third kappa shape index (κ3) is 1.99. The van der Waals surface area contributed by atoms with Crippen LogP contribution < -0.4 is 5.32 Å². The number of hydrogen-bond acceptors (Lipinski definition) is 2. The Kier molecular flexibility index (Phi) is 3.12. The molecule has 0 aromatic heterocycles. The minimum atomic E-state index is -0.307. The highest BCUT2D eigenvalue weighted by Gasteiger charge is 2.11. The highest BCUT2D eigenvalue weighted by Crippen LogP contribution is 2.37. The van der Waals surface area contributed by atoms with Crippen molar-refractivity contribution in [2.45, 2.75) is 19.4 Å². The van der Waals surface area contributed by atoms with Crippen LogP contribution in [0.15, 0.2) is 54.6 Å². The molecule has 0 aliphatic carbocycles. The van der Waals surface area contributed by atoms with Crippen LogP contribution in [0.1, 0.15) is 13.3 Å². The van der Waals surface area contributed by atoms with Crippen molar-refractivity contribution < 1.29 is 5.11 Å². The summed E-state index contributed by atoms with van der Waals surface area (Å²) in [7, 11) is 0. The number of rotatable bonds is 4. The molecule has 0 saturated carbocycles. The second kappa shape index (κ2) is 5.15. The van der Waals surface area contributed by atoms with Crippen molar-refractivity contribution in [1.82, 2.24) is 0 Å². The molecule has 0 fully saturated rings. The van der Waals surface area contributed by atoms with Gasteiger partial charge in [0.25, 0.3) is 0 Å². The molecule has 2 nitrogen and oxygen atoms in total. The molecule has 4 aromatic rings. The maximum Gasteiger partial charge on any atom is 0.0709 e. The van der Waals surface area contributed by atoms with E-state index in [1.807, 2.05) is 6.92 Å². The Morgan fingerprint density at radius 1 is 0.864 bits per heavy atom. The number of aliphatic hydroxyl groups excluding tert-OH is 1. The first-order valence-corrected chi connectivity index (χ1v) is 7.86. The molecule has 0 amide bonds. The van der Waals surface area contributed by atoms with Crippen molar-refractivity contribution in [3.05, 3.63) is 54.6 Å². The van der Waals surface area contributed by atoms with Crippen LogP contribution in [-0.4, -0.2) is 17.8 Å². The summed E-state index contributed by atoms with van der Waals surface area (Å²) >= 11 is 0. The summed E-state index contributed by atoms with van der Waals surface area (Å²) in [4.78, 5) is 0. The quantitative estimate of drug-likeness (QED) is 0.531. The number of hydrogen-bond donors (Lipinski definition) is 2. The molecule has 0 heterocycles. The minimum Gasteiger partial charge on any atom is -0.391 e. The molecular formula is C20H19NO. The molecule has 0 aliphatic rings. The van der Waals surface area contributed by atoms with Crippen LogP contribution >= 0.6 is 0 Å². The third-order valence-electron chi connectivity index (χ3n) is 4.53. The molecule has 110 valence electrons. The zero-order chi connectivity index (χ0) is 15.1. The summed E-state index contributed by atoms with van der Waals surface area (Å²) in [5, 5.41) is 20.9. The second-order valence-corrected chi connectivity index (χ2v) is 5.91. The van der Waals surface area contributed by atoms with E-state index in [4.69, 9.17) is 0 Å². The lowest BCUT2D eigenvalue weighted by molar-refractivity contribution is 0.183. The van der Waals surface area contributed by atoms with Crippen molar-refractivity contribution in [1.29, 1.82) is 0 Å². The lowest BCUT2D eigenvalue weighted by atomic mass is 9.93. The largest absolute Gasteiger partial charge is 0.391 e. The molecule has 22 heavy (non-hydrogen) atoms. The first kappa shape index (κ1) is 13.4. The first-order valence-electron chi connectivity index (χ1n) is 7.86. The summed E-state index contributed by atoms with van der Waals surface area (Å²) in [5.41, 5.74) is 1.10. The van der Waals surface area contributed by atoms with Crippen LogP contribution in [0.25, 0.3) is 32.3 Å². The van der Waals surface area contributed by atoms with E-state index in [-0.39, 0.29) is 6.10 Å². The summed E-state index contributed by atoms with van der Waals surface area (Å²) in [5.74, 6) is 0. The van der Waals surface area contributed by atoms with Gasteiger partial charge in [0.1, 0.15) is 0 Å². The van der Waals surface area contributed by atoms with Gasteiger partial charge in [0.05, 0.1) is 6.10 Å². The van der Waals surface area contributed by atoms with E-state index in [1.165, 1.54) is 32.3 Å². The van der Waals surface area contributed by atoms with Gasteiger partial charge in [-0.1, -0.05) is 55.5 Å². The fourth-order valence-electron chi connectivity index (χ4n) is 3.26. The average Bonchev–Trinajstić information content (AvgIpc) is 2.58. The maximum atomic E-state index is 9.80. The van der Waals surface area contributed by atoms with Gasteiger partial charge in [0, 0.05) is 17.6 Å². The molecule has 1 atom stereocenters. The average molecular weight is 289 g/mol. The van der Waals surface area contributed by atoms with Gasteiger partial charge in [-0.05, 0) is 39.4 Å². The van der Waals surface area contributed by atoms with Crippen molar-refractivity contribution in [3.63, 3.8) is 0 Å². The Hall–Kier alpha value is -2.32. The summed E-state index contributed by atoms with van der Waals surface area (Å²) in [6.45, 7) is 2.58. The lowest BCUT2D eigenvalue weighted by Gasteiger charge is -2.16. The Morgan fingerprint density at radius 2 is 1.50 bits per heavy atom. The summed E-state index contributed by atoms with van der Waals surface area (Å²) in [6, 6.07) is 19.5. The van der Waals surface area contributed by atoms with E-state index < -0.39 is 0 Å². The molecule has 2 heteroatoms. The molecule has 0 aliphatic heterocycles. The molecule has 0 spiro atoms. The standard InChI is InChI=1S/C20H19NO/c1-2-16(22)12-21-18-11-9-15-7-6-13-4-3-5-14-8-10-17(18)20(15)19(13)14/h3-11,16,21-22H,2,12H2,1H3. The van der Waals surface area contributed by atoms with Gasteiger partial charge in [-0.3, -0.25) is 0 Å². The topological polar surface area (TPSA) is 32.3 Å². The molecule has 1 unspecified atom stereocenters. The minimum absolute atomic E-state index is 0.307. The van der Waals surface area contributed by atoms with Gasteiger partial charge in [-0.2, -0.15) is 0 Å². The number of anilines is 1. The van der Waals surface area contributed by atoms with Crippen molar-refractivity contribution in [2.24, 2.45) is 0 Å². The maximum absolute atomic E-state index is 9.80. The molecule has 0 saturated heterocycles. The lowest BCUT2D eigenvalue weighted by Crippen LogP contribution is -2.18. The molecule has 4 rings (SSSR count). The van der Waals surface area contributed by atoms with Gasteiger partial charge in [0.15, 0.2) is 0 Å². The van der Waals surface area contributed by atoms with Crippen molar-refractivity contribution in [3.8, 4) is 0 Å². The zero-order valence-corrected chi connectivity index (χ0v) is 12.6. The summed E-state index contributed by atoms with van der Waals surface area (Å²) < 4.78 is 0. The van der Waals surface area contributed by atoms with Crippen LogP contribution in [0.4, 0.5) is 5.69 Å². The Balaban J connectivity index is 1.96. The number of benzene rings is 4. The van der Waals surface area contributed by atoms with E-state index in [0.717, 1.165) is 12.1 Å². The predicted molar refractivity (Wildman–Crippen MR) is 94.9 cm³/mol.